The van der Waals surface area contributed by atoms with E-state index in [0.717, 1.165) is 5.56 Å². The van der Waals surface area contributed by atoms with Crippen LogP contribution in [-0.2, 0) is 0 Å². The molecule has 0 spiro atoms. The van der Waals surface area contributed by atoms with Crippen molar-refractivity contribution in [2.24, 2.45) is 0 Å². The van der Waals surface area contributed by atoms with Crippen molar-refractivity contribution in [2.75, 3.05) is 13.1 Å². The van der Waals surface area contributed by atoms with E-state index in [0.29, 0.717) is 17.8 Å². The molecule has 1 atom stereocenters. The molecule has 0 N–H and O–H groups in total. The third-order valence-corrected chi connectivity index (χ3v) is 5.03. The van der Waals surface area contributed by atoms with E-state index in [1.807, 2.05) is 19.1 Å². The van der Waals surface area contributed by atoms with E-state index >= 15 is 0 Å². The summed E-state index contributed by atoms with van der Waals surface area (Å²) in [4.78, 5) is 2.57. The Hall–Kier alpha value is -2.46. The van der Waals surface area contributed by atoms with E-state index < -0.39 is 0 Å². The Bertz CT molecular complexity index is 865. The van der Waals surface area contributed by atoms with E-state index in [9.17, 15) is 0 Å². The molecule has 0 bridgehead atoms. The summed E-state index contributed by atoms with van der Waals surface area (Å²) >= 11 is 0. The standard InChI is InChI=1S/C21H23N3O/c1-15(24-11-3-4-12-24)17-7-5-8-18(13-17)19-9-6-10-20(14-19)21-23-22-16(2)25-21/h5-10,13-15H,3-4,11-12H2,1-2H3/t15-/m0/s1. The normalized spacial score (nSPS) is 16.2. The molecule has 1 fully saturated rings. The van der Waals surface area contributed by atoms with Crippen LogP contribution in [0.25, 0.3) is 22.6 Å². The van der Waals surface area contributed by atoms with Crippen molar-refractivity contribution in [2.45, 2.75) is 32.7 Å². The molecule has 25 heavy (non-hydrogen) atoms. The van der Waals surface area contributed by atoms with E-state index in [2.05, 4.69) is 58.4 Å². The zero-order chi connectivity index (χ0) is 17.2. The van der Waals surface area contributed by atoms with Crippen molar-refractivity contribution in [3.8, 4) is 22.6 Å². The fraction of sp³-hybridized carbons (Fsp3) is 0.333. The number of nitrogens with zero attached hydrogens (tertiary/aromatic N) is 3. The smallest absolute Gasteiger partial charge is 0.247 e. The molecular formula is C21H23N3O. The second-order valence-corrected chi connectivity index (χ2v) is 6.75. The molecule has 1 aliphatic heterocycles. The minimum atomic E-state index is 0.462. The van der Waals surface area contributed by atoms with Gasteiger partial charge in [0.15, 0.2) is 0 Å². The van der Waals surface area contributed by atoms with Crippen molar-refractivity contribution >= 4 is 0 Å². The summed E-state index contributed by atoms with van der Waals surface area (Å²) in [5.41, 5.74) is 4.72. The molecule has 0 saturated carbocycles. The number of aromatic nitrogens is 2. The molecule has 1 aliphatic rings. The summed E-state index contributed by atoms with van der Waals surface area (Å²) in [6.07, 6.45) is 2.63. The maximum absolute atomic E-state index is 5.56. The molecular weight excluding hydrogens is 310 g/mol. The van der Waals surface area contributed by atoms with Gasteiger partial charge in [0.25, 0.3) is 0 Å². The first kappa shape index (κ1) is 16.0. The van der Waals surface area contributed by atoms with Gasteiger partial charge in [-0.15, -0.1) is 10.2 Å². The molecule has 0 amide bonds. The summed E-state index contributed by atoms with van der Waals surface area (Å²) in [6, 6.07) is 17.6. The highest BCUT2D eigenvalue weighted by Gasteiger charge is 2.19. The number of hydrogen-bond donors (Lipinski definition) is 0. The fourth-order valence-electron chi connectivity index (χ4n) is 3.56. The predicted molar refractivity (Wildman–Crippen MR) is 99.1 cm³/mol. The Labute approximate surface area is 148 Å². The van der Waals surface area contributed by atoms with Gasteiger partial charge in [-0.05, 0) is 67.7 Å². The summed E-state index contributed by atoms with van der Waals surface area (Å²) in [5, 5.41) is 8.05. The molecule has 0 unspecified atom stereocenters. The van der Waals surface area contributed by atoms with Gasteiger partial charge in [0, 0.05) is 18.5 Å². The zero-order valence-electron chi connectivity index (χ0n) is 14.8. The lowest BCUT2D eigenvalue weighted by Gasteiger charge is -2.24. The maximum atomic E-state index is 5.56. The van der Waals surface area contributed by atoms with Crippen molar-refractivity contribution in [3.05, 3.63) is 60.0 Å². The molecule has 1 aromatic heterocycles. The van der Waals surface area contributed by atoms with Crippen molar-refractivity contribution in [3.63, 3.8) is 0 Å². The molecule has 3 aromatic rings. The summed E-state index contributed by atoms with van der Waals surface area (Å²) in [6.45, 7) is 6.53. The van der Waals surface area contributed by atoms with Crippen LogP contribution in [0, 0.1) is 6.92 Å². The van der Waals surface area contributed by atoms with E-state index in [-0.39, 0.29) is 0 Å². The van der Waals surface area contributed by atoms with Crippen LogP contribution in [0.1, 0.15) is 37.3 Å². The number of likely N-dealkylation sites (tertiary alicyclic amines) is 1. The molecule has 4 nitrogen and oxygen atoms in total. The summed E-state index contributed by atoms with van der Waals surface area (Å²) in [5.74, 6) is 1.16. The van der Waals surface area contributed by atoms with Gasteiger partial charge in [-0.25, -0.2) is 0 Å². The van der Waals surface area contributed by atoms with Crippen LogP contribution in [0.4, 0.5) is 0 Å². The molecule has 2 aromatic carbocycles. The van der Waals surface area contributed by atoms with Gasteiger partial charge in [-0.2, -0.15) is 0 Å². The highest BCUT2D eigenvalue weighted by molar-refractivity contribution is 5.70. The Morgan fingerprint density at radius 2 is 1.60 bits per heavy atom. The lowest BCUT2D eigenvalue weighted by atomic mass is 9.98. The Kier molecular flexibility index (Phi) is 4.36. The second-order valence-electron chi connectivity index (χ2n) is 6.75. The minimum Gasteiger partial charge on any atom is -0.421 e. The number of benzene rings is 2. The van der Waals surface area contributed by atoms with Crippen LogP contribution in [0.2, 0.25) is 0 Å². The summed E-state index contributed by atoms with van der Waals surface area (Å²) < 4.78 is 5.56. The first-order valence-electron chi connectivity index (χ1n) is 8.95. The van der Waals surface area contributed by atoms with E-state index in [1.165, 1.54) is 42.6 Å². The highest BCUT2D eigenvalue weighted by atomic mass is 16.4. The third kappa shape index (κ3) is 3.35. The quantitative estimate of drug-likeness (QED) is 0.683. The average molecular weight is 333 g/mol. The van der Waals surface area contributed by atoms with Gasteiger partial charge < -0.3 is 4.42 Å². The predicted octanol–water partition coefficient (Wildman–Crippen LogP) is 4.87. The summed E-state index contributed by atoms with van der Waals surface area (Å²) in [7, 11) is 0. The molecule has 1 saturated heterocycles. The first-order valence-corrected chi connectivity index (χ1v) is 8.95. The van der Waals surface area contributed by atoms with Crippen LogP contribution < -0.4 is 0 Å². The molecule has 0 aliphatic carbocycles. The largest absolute Gasteiger partial charge is 0.421 e. The van der Waals surface area contributed by atoms with Gasteiger partial charge in [0.05, 0.1) is 0 Å². The maximum Gasteiger partial charge on any atom is 0.247 e. The number of aryl methyl sites for hydroxylation is 1. The molecule has 0 radical (unpaired) electrons. The molecule has 2 heterocycles. The highest BCUT2D eigenvalue weighted by Crippen LogP contribution is 2.30. The van der Waals surface area contributed by atoms with Gasteiger partial charge in [0.1, 0.15) is 0 Å². The SMILES string of the molecule is Cc1nnc(-c2cccc(-c3cccc([C@H](C)N4CCCC4)c3)c2)o1. The van der Waals surface area contributed by atoms with Gasteiger partial charge in [-0.3, -0.25) is 4.90 Å². The lowest BCUT2D eigenvalue weighted by Crippen LogP contribution is -2.23. The van der Waals surface area contributed by atoms with Crippen LogP contribution in [0.15, 0.2) is 52.9 Å². The number of rotatable bonds is 4. The van der Waals surface area contributed by atoms with Crippen LogP contribution in [0.5, 0.6) is 0 Å². The van der Waals surface area contributed by atoms with Gasteiger partial charge in [0.2, 0.25) is 11.8 Å². The fourth-order valence-corrected chi connectivity index (χ4v) is 3.56. The van der Waals surface area contributed by atoms with Crippen molar-refractivity contribution in [1.82, 2.24) is 15.1 Å². The topological polar surface area (TPSA) is 42.2 Å². The molecule has 4 rings (SSSR count). The lowest BCUT2D eigenvalue weighted by molar-refractivity contribution is 0.263. The number of hydrogen-bond acceptors (Lipinski definition) is 4. The Morgan fingerprint density at radius 1 is 0.920 bits per heavy atom. The Morgan fingerprint density at radius 3 is 2.32 bits per heavy atom. The van der Waals surface area contributed by atoms with Crippen molar-refractivity contribution in [1.29, 1.82) is 0 Å². The minimum absolute atomic E-state index is 0.462. The van der Waals surface area contributed by atoms with E-state index in [4.69, 9.17) is 4.42 Å². The third-order valence-electron chi connectivity index (χ3n) is 5.03. The zero-order valence-corrected chi connectivity index (χ0v) is 14.8. The van der Waals surface area contributed by atoms with Gasteiger partial charge in [-0.1, -0.05) is 30.3 Å². The van der Waals surface area contributed by atoms with E-state index in [1.54, 1.807) is 0 Å². The Balaban J connectivity index is 1.64. The van der Waals surface area contributed by atoms with Crippen LogP contribution >= 0.6 is 0 Å². The van der Waals surface area contributed by atoms with Crippen molar-refractivity contribution < 1.29 is 4.42 Å². The second kappa shape index (κ2) is 6.81. The average Bonchev–Trinajstić information content (AvgIpc) is 3.33. The first-order chi connectivity index (χ1) is 12.2. The monoisotopic (exact) mass is 333 g/mol. The molecule has 4 heteroatoms. The molecule has 128 valence electrons. The van der Waals surface area contributed by atoms with Gasteiger partial charge >= 0.3 is 0 Å². The van der Waals surface area contributed by atoms with Crippen LogP contribution in [-0.4, -0.2) is 28.2 Å². The van der Waals surface area contributed by atoms with Crippen LogP contribution in [0.3, 0.4) is 0 Å².